The molecule has 0 bridgehead atoms. The number of carbonyl (C=O) groups excluding carboxylic acids is 2. The molecule has 0 fully saturated rings. The van der Waals surface area contributed by atoms with Crippen molar-refractivity contribution in [3.63, 3.8) is 0 Å². The topological polar surface area (TPSA) is 52.6 Å². The van der Waals surface area contributed by atoms with Gasteiger partial charge in [0.05, 0.1) is 6.42 Å². The molecule has 0 N–H and O–H groups in total. The summed E-state index contributed by atoms with van der Waals surface area (Å²) >= 11 is 3.06. The first kappa shape index (κ1) is 15.2. The van der Waals surface area contributed by atoms with E-state index in [0.29, 0.717) is 0 Å². The van der Waals surface area contributed by atoms with Crippen LogP contribution in [0.3, 0.4) is 0 Å². The fourth-order valence-electron chi connectivity index (χ4n) is 0.819. The van der Waals surface area contributed by atoms with Gasteiger partial charge >= 0.3 is 11.9 Å². The van der Waals surface area contributed by atoms with Crippen LogP contribution in [-0.2, 0) is 19.1 Å². The van der Waals surface area contributed by atoms with Gasteiger partial charge in [-0.1, -0.05) is 6.58 Å². The van der Waals surface area contributed by atoms with Crippen LogP contribution in [0.2, 0.25) is 0 Å². The SMILES string of the molecule is C=C(CC(=O)OC(C)Br)C(=O)OC(C)(C)C. The van der Waals surface area contributed by atoms with Crippen molar-refractivity contribution in [3.8, 4) is 0 Å². The van der Waals surface area contributed by atoms with Gasteiger partial charge in [0.25, 0.3) is 0 Å². The van der Waals surface area contributed by atoms with Crippen molar-refractivity contribution < 1.29 is 19.1 Å². The van der Waals surface area contributed by atoms with Crippen molar-refractivity contribution in [2.45, 2.75) is 44.7 Å². The lowest BCUT2D eigenvalue weighted by atomic mass is 10.1. The highest BCUT2D eigenvalue weighted by atomic mass is 79.9. The molecule has 0 aliphatic heterocycles. The van der Waals surface area contributed by atoms with E-state index < -0.39 is 17.5 Å². The summed E-state index contributed by atoms with van der Waals surface area (Å²) in [5.41, 5.74) is -0.500. The van der Waals surface area contributed by atoms with E-state index in [4.69, 9.17) is 9.47 Å². The lowest BCUT2D eigenvalue weighted by Crippen LogP contribution is -2.25. The molecular formula is C11H17BrO4. The molecule has 0 saturated carbocycles. The van der Waals surface area contributed by atoms with E-state index in [1.165, 1.54) is 0 Å². The quantitative estimate of drug-likeness (QED) is 0.454. The number of ether oxygens (including phenoxy) is 2. The largest absolute Gasteiger partial charge is 0.457 e. The van der Waals surface area contributed by atoms with Crippen LogP contribution in [0.15, 0.2) is 12.2 Å². The van der Waals surface area contributed by atoms with E-state index in [1.54, 1.807) is 27.7 Å². The standard InChI is InChI=1S/C11H17BrO4/c1-7(6-9(13)15-8(2)12)10(14)16-11(3,4)5/h8H,1,6H2,2-5H3. The molecule has 5 heteroatoms. The number of esters is 2. The minimum atomic E-state index is -0.591. The second-order valence-electron chi connectivity index (χ2n) is 4.32. The Morgan fingerprint density at radius 2 is 1.88 bits per heavy atom. The lowest BCUT2D eigenvalue weighted by molar-refractivity contribution is -0.152. The molecule has 0 radical (unpaired) electrons. The van der Waals surface area contributed by atoms with Gasteiger partial charge in [0.1, 0.15) is 5.60 Å². The zero-order valence-electron chi connectivity index (χ0n) is 10.0. The van der Waals surface area contributed by atoms with Crippen LogP contribution in [0.25, 0.3) is 0 Å². The predicted octanol–water partition coefficient (Wildman–Crippen LogP) is 2.56. The third-order valence-electron chi connectivity index (χ3n) is 1.34. The molecule has 0 rings (SSSR count). The van der Waals surface area contributed by atoms with Gasteiger partial charge < -0.3 is 9.47 Å². The Hall–Kier alpha value is -0.840. The van der Waals surface area contributed by atoms with Gasteiger partial charge in [-0.15, -0.1) is 0 Å². The zero-order chi connectivity index (χ0) is 12.9. The second kappa shape index (κ2) is 6.03. The van der Waals surface area contributed by atoms with E-state index in [2.05, 4.69) is 22.5 Å². The first-order valence-electron chi connectivity index (χ1n) is 4.86. The third kappa shape index (κ3) is 7.45. The Morgan fingerprint density at radius 3 is 2.25 bits per heavy atom. The molecular weight excluding hydrogens is 276 g/mol. The summed E-state index contributed by atoms with van der Waals surface area (Å²) in [4.78, 5) is 22.7. The number of rotatable bonds is 4. The normalized spacial score (nSPS) is 12.8. The summed E-state index contributed by atoms with van der Waals surface area (Å²) in [7, 11) is 0. The molecule has 0 aliphatic rings. The fraction of sp³-hybridized carbons (Fsp3) is 0.636. The molecule has 16 heavy (non-hydrogen) atoms. The van der Waals surface area contributed by atoms with E-state index in [9.17, 15) is 9.59 Å². The number of halogens is 1. The van der Waals surface area contributed by atoms with Crippen molar-refractivity contribution in [2.24, 2.45) is 0 Å². The van der Waals surface area contributed by atoms with Gasteiger partial charge in [-0.05, 0) is 43.6 Å². The Bertz CT molecular complexity index is 289. The number of hydrogen-bond acceptors (Lipinski definition) is 4. The summed E-state index contributed by atoms with van der Waals surface area (Å²) in [5.74, 6) is -1.09. The molecule has 0 heterocycles. The van der Waals surface area contributed by atoms with E-state index in [1.807, 2.05) is 0 Å². The molecule has 0 spiro atoms. The molecule has 92 valence electrons. The molecule has 0 aromatic carbocycles. The summed E-state index contributed by atoms with van der Waals surface area (Å²) < 4.78 is 9.86. The smallest absolute Gasteiger partial charge is 0.334 e. The Labute approximate surface area is 104 Å². The van der Waals surface area contributed by atoms with Gasteiger partial charge in [0.15, 0.2) is 5.01 Å². The van der Waals surface area contributed by atoms with Crippen LogP contribution in [0, 0.1) is 0 Å². The molecule has 0 amide bonds. The van der Waals surface area contributed by atoms with Gasteiger partial charge in [-0.25, -0.2) is 4.79 Å². The Kier molecular flexibility index (Phi) is 5.72. The maximum atomic E-state index is 11.4. The van der Waals surface area contributed by atoms with Gasteiger partial charge in [0, 0.05) is 5.57 Å². The Morgan fingerprint density at radius 1 is 1.38 bits per heavy atom. The average Bonchev–Trinajstić information content (AvgIpc) is 1.98. The monoisotopic (exact) mass is 292 g/mol. The van der Waals surface area contributed by atoms with Gasteiger partial charge in [0.2, 0.25) is 0 Å². The highest BCUT2D eigenvalue weighted by Gasteiger charge is 2.21. The Balaban J connectivity index is 4.17. The second-order valence-corrected chi connectivity index (χ2v) is 5.60. The summed E-state index contributed by atoms with van der Waals surface area (Å²) in [6.45, 7) is 10.4. The van der Waals surface area contributed by atoms with Gasteiger partial charge in [-0.3, -0.25) is 4.79 Å². The highest BCUT2D eigenvalue weighted by molar-refractivity contribution is 9.09. The zero-order valence-corrected chi connectivity index (χ0v) is 11.6. The molecule has 0 aromatic heterocycles. The summed E-state index contributed by atoms with van der Waals surface area (Å²) in [6, 6.07) is 0. The van der Waals surface area contributed by atoms with Crippen LogP contribution < -0.4 is 0 Å². The summed E-state index contributed by atoms with van der Waals surface area (Å²) in [5, 5.41) is -0.383. The molecule has 1 unspecified atom stereocenters. The first-order valence-corrected chi connectivity index (χ1v) is 5.78. The molecule has 1 atom stereocenters. The fourth-order valence-corrected chi connectivity index (χ4v) is 1.03. The van der Waals surface area contributed by atoms with Crippen LogP contribution >= 0.6 is 15.9 Å². The van der Waals surface area contributed by atoms with Crippen molar-refractivity contribution in [1.82, 2.24) is 0 Å². The summed E-state index contributed by atoms with van der Waals surface area (Å²) in [6.07, 6.45) is -0.162. The van der Waals surface area contributed by atoms with Crippen molar-refractivity contribution in [2.75, 3.05) is 0 Å². The van der Waals surface area contributed by atoms with Crippen LogP contribution in [-0.4, -0.2) is 22.6 Å². The number of carbonyl (C=O) groups is 2. The van der Waals surface area contributed by atoms with E-state index >= 15 is 0 Å². The maximum Gasteiger partial charge on any atom is 0.334 e. The highest BCUT2D eigenvalue weighted by Crippen LogP contribution is 2.13. The molecule has 0 saturated heterocycles. The molecule has 4 nitrogen and oxygen atoms in total. The average molecular weight is 293 g/mol. The minimum Gasteiger partial charge on any atom is -0.457 e. The number of hydrogen-bond donors (Lipinski definition) is 0. The lowest BCUT2D eigenvalue weighted by Gasteiger charge is -2.20. The molecule has 0 aromatic rings. The van der Waals surface area contributed by atoms with Crippen molar-refractivity contribution >= 4 is 27.9 Å². The predicted molar refractivity (Wildman–Crippen MR) is 64.1 cm³/mol. The van der Waals surface area contributed by atoms with Crippen LogP contribution in [0.1, 0.15) is 34.1 Å². The van der Waals surface area contributed by atoms with E-state index in [-0.39, 0.29) is 17.0 Å². The van der Waals surface area contributed by atoms with Crippen LogP contribution in [0.5, 0.6) is 0 Å². The van der Waals surface area contributed by atoms with Crippen LogP contribution in [0.4, 0.5) is 0 Å². The van der Waals surface area contributed by atoms with Crippen molar-refractivity contribution in [1.29, 1.82) is 0 Å². The minimum absolute atomic E-state index is 0.0908. The van der Waals surface area contributed by atoms with Gasteiger partial charge in [-0.2, -0.15) is 0 Å². The maximum absolute atomic E-state index is 11.4. The molecule has 0 aliphatic carbocycles. The van der Waals surface area contributed by atoms with E-state index in [0.717, 1.165) is 0 Å². The first-order chi connectivity index (χ1) is 7.11. The third-order valence-corrected chi connectivity index (χ3v) is 1.53. The number of alkyl halides is 1. The van der Waals surface area contributed by atoms with Crippen molar-refractivity contribution in [3.05, 3.63) is 12.2 Å².